The van der Waals surface area contributed by atoms with E-state index < -0.39 is 10.0 Å². The summed E-state index contributed by atoms with van der Waals surface area (Å²) in [5.41, 5.74) is 3.27. The molecule has 1 N–H and O–H groups in total. The fourth-order valence-electron chi connectivity index (χ4n) is 3.57. The normalized spacial score (nSPS) is 15.0. The van der Waals surface area contributed by atoms with Gasteiger partial charge in [-0.2, -0.15) is 0 Å². The topological polar surface area (TPSA) is 71.4 Å². The average molecular weight is 390 g/mol. The van der Waals surface area contributed by atoms with Crippen LogP contribution < -0.4 is 4.72 Å². The van der Waals surface area contributed by atoms with Crippen molar-refractivity contribution in [1.29, 1.82) is 0 Å². The van der Waals surface area contributed by atoms with Gasteiger partial charge in [0.15, 0.2) is 0 Å². The zero-order valence-electron chi connectivity index (χ0n) is 16.4. The molecule has 1 aromatic carbocycles. The first-order valence-corrected chi connectivity index (χ1v) is 10.8. The van der Waals surface area contributed by atoms with Crippen LogP contribution in [-0.2, 0) is 17.1 Å². The highest BCUT2D eigenvalue weighted by Crippen LogP contribution is 2.27. The lowest BCUT2D eigenvalue weighted by Gasteiger charge is -2.26. The third-order valence-electron chi connectivity index (χ3n) is 5.36. The van der Waals surface area contributed by atoms with E-state index in [1.54, 1.807) is 18.5 Å². The van der Waals surface area contributed by atoms with Gasteiger partial charge in [-0.1, -0.05) is 18.2 Å². The van der Waals surface area contributed by atoms with Gasteiger partial charge in [0.2, 0.25) is 0 Å². The molecule has 0 unspecified atom stereocenters. The number of likely N-dealkylation sites (tertiary alicyclic amines) is 1. The summed E-state index contributed by atoms with van der Waals surface area (Å²) < 4.78 is 30.5. The predicted molar refractivity (Wildman–Crippen MR) is 107 cm³/mol. The summed E-state index contributed by atoms with van der Waals surface area (Å²) in [5.74, 6) is -0.103. The van der Waals surface area contributed by atoms with E-state index >= 15 is 0 Å². The van der Waals surface area contributed by atoms with Crippen LogP contribution in [-0.4, -0.2) is 36.9 Å². The minimum Gasteiger partial charge on any atom is -0.343 e. The van der Waals surface area contributed by atoms with Crippen LogP contribution in [0.5, 0.6) is 0 Å². The molecular weight excluding hydrogens is 362 g/mol. The van der Waals surface area contributed by atoms with Crippen LogP contribution in [0.4, 0.5) is 5.69 Å². The quantitative estimate of drug-likeness (QED) is 0.871. The summed E-state index contributed by atoms with van der Waals surface area (Å²) in [5, 5.41) is 0. The van der Waals surface area contributed by atoms with E-state index in [0.29, 0.717) is 17.1 Å². The summed E-state index contributed by atoms with van der Waals surface area (Å²) in [6, 6.07) is 7.13. The van der Waals surface area contributed by atoms with Gasteiger partial charge >= 0.3 is 0 Å². The molecule has 6 nitrogen and oxygen atoms in total. The Morgan fingerprint density at radius 3 is 2.22 bits per heavy atom. The average Bonchev–Trinajstić information content (AvgIpc) is 2.94. The van der Waals surface area contributed by atoms with Crippen molar-refractivity contribution in [2.45, 2.75) is 44.9 Å². The van der Waals surface area contributed by atoms with Crippen molar-refractivity contribution < 1.29 is 13.2 Å². The minimum atomic E-state index is -3.80. The summed E-state index contributed by atoms with van der Waals surface area (Å²) >= 11 is 0. The smallest absolute Gasteiger partial charge is 0.270 e. The van der Waals surface area contributed by atoms with Gasteiger partial charge in [0, 0.05) is 25.8 Å². The predicted octanol–water partition coefficient (Wildman–Crippen LogP) is 3.38. The van der Waals surface area contributed by atoms with Crippen molar-refractivity contribution in [3.05, 3.63) is 46.8 Å². The number of carbonyl (C=O) groups is 1. The zero-order chi connectivity index (χ0) is 19.8. The van der Waals surface area contributed by atoms with Crippen LogP contribution >= 0.6 is 0 Å². The SMILES string of the molecule is Cc1cccc(C)c1NS(=O)(=O)c1cc(C(=O)N2CCCCC2)n(C)c1C. The molecule has 0 saturated carbocycles. The van der Waals surface area contributed by atoms with Crippen molar-refractivity contribution in [3.63, 3.8) is 0 Å². The van der Waals surface area contributed by atoms with E-state index in [2.05, 4.69) is 4.72 Å². The molecule has 1 aliphatic heterocycles. The molecule has 0 radical (unpaired) electrons. The second-order valence-corrected chi connectivity index (χ2v) is 8.91. The first-order chi connectivity index (χ1) is 12.7. The van der Waals surface area contributed by atoms with Gasteiger partial charge in [0.05, 0.1) is 5.69 Å². The number of carbonyl (C=O) groups excluding carboxylic acids is 1. The Morgan fingerprint density at radius 2 is 1.63 bits per heavy atom. The Morgan fingerprint density at radius 1 is 1.04 bits per heavy atom. The molecular formula is C20H27N3O3S. The Kier molecular flexibility index (Phi) is 5.33. The lowest BCUT2D eigenvalue weighted by atomic mass is 10.1. The van der Waals surface area contributed by atoms with Gasteiger partial charge in [-0.3, -0.25) is 9.52 Å². The summed E-state index contributed by atoms with van der Waals surface area (Å²) in [7, 11) is -2.06. The summed E-state index contributed by atoms with van der Waals surface area (Å²) in [4.78, 5) is 14.8. The maximum atomic E-state index is 13.0. The lowest BCUT2D eigenvalue weighted by molar-refractivity contribution is 0.0714. The number of para-hydroxylation sites is 1. The van der Waals surface area contributed by atoms with E-state index in [9.17, 15) is 13.2 Å². The number of anilines is 1. The van der Waals surface area contributed by atoms with Gasteiger partial charge in [-0.05, 0) is 57.2 Å². The molecule has 0 aliphatic carbocycles. The molecule has 1 fully saturated rings. The van der Waals surface area contributed by atoms with E-state index in [4.69, 9.17) is 0 Å². The van der Waals surface area contributed by atoms with E-state index in [1.165, 1.54) is 6.07 Å². The Labute approximate surface area is 161 Å². The highest BCUT2D eigenvalue weighted by Gasteiger charge is 2.28. The molecule has 27 heavy (non-hydrogen) atoms. The Balaban J connectivity index is 1.96. The van der Waals surface area contributed by atoms with Crippen molar-refractivity contribution in [2.24, 2.45) is 7.05 Å². The zero-order valence-corrected chi connectivity index (χ0v) is 17.2. The first-order valence-electron chi connectivity index (χ1n) is 9.27. The van der Waals surface area contributed by atoms with Crippen LogP contribution in [0.25, 0.3) is 0 Å². The molecule has 1 aromatic heterocycles. The number of nitrogens with zero attached hydrogens (tertiary/aromatic N) is 2. The van der Waals surface area contributed by atoms with Crippen molar-refractivity contribution >= 4 is 21.6 Å². The second kappa shape index (κ2) is 7.38. The molecule has 2 heterocycles. The number of amides is 1. The van der Waals surface area contributed by atoms with Gasteiger partial charge in [-0.15, -0.1) is 0 Å². The van der Waals surface area contributed by atoms with Gasteiger partial charge in [-0.25, -0.2) is 8.42 Å². The van der Waals surface area contributed by atoms with E-state index in [0.717, 1.165) is 43.5 Å². The maximum absolute atomic E-state index is 13.0. The molecule has 0 spiro atoms. The largest absolute Gasteiger partial charge is 0.343 e. The number of aryl methyl sites for hydroxylation is 2. The van der Waals surface area contributed by atoms with E-state index in [-0.39, 0.29) is 10.8 Å². The molecule has 2 aromatic rings. The first kappa shape index (κ1) is 19.5. The molecule has 1 saturated heterocycles. The van der Waals surface area contributed by atoms with Crippen LogP contribution in [0, 0.1) is 20.8 Å². The third kappa shape index (κ3) is 3.74. The molecule has 146 valence electrons. The molecule has 0 bridgehead atoms. The molecule has 0 atom stereocenters. The summed E-state index contributed by atoms with van der Waals surface area (Å²) in [6.45, 7) is 6.92. The molecule has 1 amide bonds. The number of hydrogen-bond donors (Lipinski definition) is 1. The molecule has 1 aliphatic rings. The second-order valence-electron chi connectivity index (χ2n) is 7.26. The Hall–Kier alpha value is -2.28. The number of hydrogen-bond acceptors (Lipinski definition) is 3. The number of sulfonamides is 1. The lowest BCUT2D eigenvalue weighted by Crippen LogP contribution is -2.36. The monoisotopic (exact) mass is 389 g/mol. The van der Waals surface area contributed by atoms with Crippen molar-refractivity contribution in [3.8, 4) is 0 Å². The van der Waals surface area contributed by atoms with Crippen molar-refractivity contribution in [1.82, 2.24) is 9.47 Å². The maximum Gasteiger partial charge on any atom is 0.270 e. The highest BCUT2D eigenvalue weighted by atomic mass is 32.2. The highest BCUT2D eigenvalue weighted by molar-refractivity contribution is 7.92. The Bertz CT molecular complexity index is 950. The van der Waals surface area contributed by atoms with Crippen LogP contribution in [0.3, 0.4) is 0 Å². The van der Waals surface area contributed by atoms with Gasteiger partial charge in [0.1, 0.15) is 10.6 Å². The van der Waals surface area contributed by atoms with Crippen molar-refractivity contribution in [2.75, 3.05) is 17.8 Å². The number of aromatic nitrogens is 1. The number of nitrogens with one attached hydrogen (secondary N) is 1. The van der Waals surface area contributed by atoms with Crippen LogP contribution in [0.1, 0.15) is 46.6 Å². The third-order valence-corrected chi connectivity index (χ3v) is 6.82. The number of benzene rings is 1. The molecule has 7 heteroatoms. The summed E-state index contributed by atoms with van der Waals surface area (Å²) in [6.07, 6.45) is 3.12. The minimum absolute atomic E-state index is 0.103. The fourth-order valence-corrected chi connectivity index (χ4v) is 5.07. The number of rotatable bonds is 4. The molecule has 3 rings (SSSR count). The van der Waals surface area contributed by atoms with Crippen LogP contribution in [0.15, 0.2) is 29.2 Å². The standard InChI is InChI=1S/C20H27N3O3S/c1-14-9-8-10-15(2)19(14)21-27(25,26)18-13-17(22(4)16(18)3)20(24)23-11-6-5-7-12-23/h8-10,13,21H,5-7,11-12H2,1-4H3. The number of piperidine rings is 1. The van der Waals surface area contributed by atoms with Crippen LogP contribution in [0.2, 0.25) is 0 Å². The van der Waals surface area contributed by atoms with Gasteiger partial charge < -0.3 is 9.47 Å². The van der Waals surface area contributed by atoms with E-state index in [1.807, 2.05) is 36.9 Å². The van der Waals surface area contributed by atoms with Gasteiger partial charge in [0.25, 0.3) is 15.9 Å². The fraction of sp³-hybridized carbons (Fsp3) is 0.450.